The summed E-state index contributed by atoms with van der Waals surface area (Å²) in [6, 6.07) is 6.92. The molecule has 1 aromatic carbocycles. The van der Waals surface area contributed by atoms with Gasteiger partial charge in [0.25, 0.3) is 5.91 Å². The molecule has 3 heterocycles. The van der Waals surface area contributed by atoms with Gasteiger partial charge < -0.3 is 10.2 Å². The summed E-state index contributed by atoms with van der Waals surface area (Å²) in [5.41, 5.74) is 2.86. The van der Waals surface area contributed by atoms with Crippen LogP contribution in [-0.2, 0) is 22.7 Å². The van der Waals surface area contributed by atoms with Crippen molar-refractivity contribution in [3.63, 3.8) is 0 Å². The molecule has 2 fully saturated rings. The van der Waals surface area contributed by atoms with E-state index in [9.17, 15) is 14.4 Å². The van der Waals surface area contributed by atoms with Crippen molar-refractivity contribution >= 4 is 17.7 Å². The Morgan fingerprint density at radius 1 is 1.16 bits per heavy atom. The molecule has 0 radical (unpaired) electrons. The molecule has 2 N–H and O–H groups in total. The molecule has 7 nitrogen and oxygen atoms in total. The van der Waals surface area contributed by atoms with Crippen LogP contribution < -0.4 is 10.6 Å². The normalized spacial score (nSPS) is 28.9. The highest BCUT2D eigenvalue weighted by atomic mass is 16.2. The largest absolute Gasteiger partial charge is 0.322 e. The van der Waals surface area contributed by atoms with Crippen molar-refractivity contribution in [2.75, 3.05) is 6.54 Å². The van der Waals surface area contributed by atoms with E-state index < -0.39 is 6.04 Å². The summed E-state index contributed by atoms with van der Waals surface area (Å²) in [7, 11) is 0. The lowest BCUT2D eigenvalue weighted by Gasteiger charge is -2.45. The fraction of sp³-hybridized carbons (Fsp3) is 0.640. The van der Waals surface area contributed by atoms with Gasteiger partial charge in [-0.25, -0.2) is 0 Å². The lowest BCUT2D eigenvalue weighted by Crippen LogP contribution is -2.60. The molecule has 4 unspecified atom stereocenters. The number of fused-ring (bicyclic) bond motifs is 1. The van der Waals surface area contributed by atoms with Gasteiger partial charge in [0.1, 0.15) is 6.04 Å². The van der Waals surface area contributed by atoms with Crippen molar-refractivity contribution < 1.29 is 14.4 Å². The zero-order chi connectivity index (χ0) is 23.0. The molecule has 3 amide bonds. The fourth-order valence-corrected chi connectivity index (χ4v) is 5.35. The number of carbonyl (C=O) groups excluding carboxylic acids is 3. The Kier molecular flexibility index (Phi) is 6.67. The van der Waals surface area contributed by atoms with Gasteiger partial charge in [0, 0.05) is 49.7 Å². The molecule has 0 bridgehead atoms. The maximum Gasteiger partial charge on any atom is 0.255 e. The smallest absolute Gasteiger partial charge is 0.255 e. The third-order valence-electron chi connectivity index (χ3n) is 7.30. The van der Waals surface area contributed by atoms with Crippen LogP contribution in [0, 0.1) is 5.92 Å². The first-order valence-electron chi connectivity index (χ1n) is 12.0. The predicted octanol–water partition coefficient (Wildman–Crippen LogP) is 2.43. The minimum absolute atomic E-state index is 0.111. The van der Waals surface area contributed by atoms with Crippen LogP contribution in [-0.4, -0.2) is 58.2 Å². The minimum atomic E-state index is -0.564. The molecule has 0 spiro atoms. The Morgan fingerprint density at radius 3 is 2.66 bits per heavy atom. The highest BCUT2D eigenvalue weighted by molar-refractivity contribution is 6.05. The van der Waals surface area contributed by atoms with Gasteiger partial charge >= 0.3 is 0 Å². The highest BCUT2D eigenvalue weighted by Crippen LogP contribution is 2.30. The Hall–Kier alpha value is -2.25. The molecular formula is C25H36N4O3. The van der Waals surface area contributed by atoms with Gasteiger partial charge in [-0.05, 0) is 56.2 Å². The van der Waals surface area contributed by atoms with Gasteiger partial charge in [-0.15, -0.1) is 0 Å². The van der Waals surface area contributed by atoms with Gasteiger partial charge in [-0.2, -0.15) is 0 Å². The van der Waals surface area contributed by atoms with Crippen molar-refractivity contribution in [1.29, 1.82) is 0 Å². The van der Waals surface area contributed by atoms with Gasteiger partial charge in [0.05, 0.1) is 0 Å². The topological polar surface area (TPSA) is 81.8 Å². The first-order valence-corrected chi connectivity index (χ1v) is 12.0. The second-order valence-corrected chi connectivity index (χ2v) is 10.1. The molecule has 4 atom stereocenters. The quantitative estimate of drug-likeness (QED) is 0.664. The summed E-state index contributed by atoms with van der Waals surface area (Å²) in [6.07, 6.45) is 3.05. The van der Waals surface area contributed by atoms with Crippen LogP contribution in [0.4, 0.5) is 0 Å². The molecule has 0 aromatic heterocycles. The average molecular weight is 441 g/mol. The molecule has 2 saturated heterocycles. The molecular weight excluding hydrogens is 404 g/mol. The number of piperidine rings is 1. The fourth-order valence-electron chi connectivity index (χ4n) is 5.35. The molecule has 3 aliphatic rings. The zero-order valence-corrected chi connectivity index (χ0v) is 19.7. The standard InChI is InChI=1S/C25H36N4O3/c1-15(2)5-8-21-17(4)26-12-16(3)28(21)13-18-6-7-20-19(11-18)14-29(25(20)32)22-9-10-23(30)27-24(22)31/h6-7,11,15-17,21-22,26H,5,8-10,12-14H2,1-4H3,(H,27,30,31). The Balaban J connectivity index is 1.49. The maximum absolute atomic E-state index is 13.0. The van der Waals surface area contributed by atoms with E-state index in [2.05, 4.69) is 55.4 Å². The van der Waals surface area contributed by atoms with Gasteiger partial charge in [0.2, 0.25) is 11.8 Å². The lowest BCUT2D eigenvalue weighted by atomic mass is 9.93. The summed E-state index contributed by atoms with van der Waals surface area (Å²) < 4.78 is 0. The van der Waals surface area contributed by atoms with Crippen LogP contribution in [0.2, 0.25) is 0 Å². The number of nitrogens with one attached hydrogen (secondary N) is 2. The SMILES string of the molecule is CC(C)CCC1C(C)NCC(C)N1Cc1ccc2c(c1)CN(C1CCC(=O)NC1=O)C2=O. The van der Waals surface area contributed by atoms with Gasteiger partial charge in [-0.3, -0.25) is 24.6 Å². The molecule has 0 aliphatic carbocycles. The number of benzene rings is 1. The first-order chi connectivity index (χ1) is 15.2. The number of piperazine rings is 1. The zero-order valence-electron chi connectivity index (χ0n) is 19.7. The van der Waals surface area contributed by atoms with E-state index in [1.54, 1.807) is 4.90 Å². The number of hydrogen-bond donors (Lipinski definition) is 2. The van der Waals surface area contributed by atoms with Crippen molar-refractivity contribution in [3.8, 4) is 0 Å². The van der Waals surface area contributed by atoms with E-state index >= 15 is 0 Å². The number of amides is 3. The highest BCUT2D eigenvalue weighted by Gasteiger charge is 2.39. The minimum Gasteiger partial charge on any atom is -0.322 e. The molecule has 4 rings (SSSR count). The number of carbonyl (C=O) groups is 3. The van der Waals surface area contributed by atoms with Crippen LogP contribution in [0.3, 0.4) is 0 Å². The molecule has 174 valence electrons. The summed E-state index contributed by atoms with van der Waals surface area (Å²) in [4.78, 5) is 41.0. The van der Waals surface area contributed by atoms with Crippen LogP contribution in [0.25, 0.3) is 0 Å². The van der Waals surface area contributed by atoms with E-state index in [4.69, 9.17) is 0 Å². The van der Waals surface area contributed by atoms with Crippen LogP contribution in [0.5, 0.6) is 0 Å². The predicted molar refractivity (Wildman–Crippen MR) is 123 cm³/mol. The average Bonchev–Trinajstić information content (AvgIpc) is 3.06. The van der Waals surface area contributed by atoms with Crippen molar-refractivity contribution in [1.82, 2.24) is 20.4 Å². The van der Waals surface area contributed by atoms with Crippen LogP contribution in [0.1, 0.15) is 74.9 Å². The number of hydrogen-bond acceptors (Lipinski definition) is 5. The summed E-state index contributed by atoms with van der Waals surface area (Å²) >= 11 is 0. The third-order valence-corrected chi connectivity index (χ3v) is 7.30. The first kappa shape index (κ1) is 22.9. The van der Waals surface area contributed by atoms with Crippen molar-refractivity contribution in [2.45, 2.75) is 90.6 Å². The number of nitrogens with zero attached hydrogens (tertiary/aromatic N) is 2. The number of rotatable bonds is 6. The van der Waals surface area contributed by atoms with Gasteiger partial charge in [0.15, 0.2) is 0 Å². The second-order valence-electron chi connectivity index (χ2n) is 10.1. The van der Waals surface area contributed by atoms with E-state index in [1.807, 2.05) is 6.07 Å². The van der Waals surface area contributed by atoms with E-state index in [0.717, 1.165) is 18.7 Å². The molecule has 7 heteroatoms. The van der Waals surface area contributed by atoms with Crippen molar-refractivity contribution in [2.24, 2.45) is 5.92 Å². The second kappa shape index (κ2) is 9.32. The van der Waals surface area contributed by atoms with Crippen LogP contribution >= 0.6 is 0 Å². The molecule has 32 heavy (non-hydrogen) atoms. The monoisotopic (exact) mass is 440 g/mol. The third kappa shape index (κ3) is 4.59. The summed E-state index contributed by atoms with van der Waals surface area (Å²) in [5, 5.41) is 6.03. The Bertz CT molecular complexity index is 899. The van der Waals surface area contributed by atoms with Crippen molar-refractivity contribution in [3.05, 3.63) is 34.9 Å². The lowest BCUT2D eigenvalue weighted by molar-refractivity contribution is -0.136. The Morgan fingerprint density at radius 2 is 1.94 bits per heavy atom. The van der Waals surface area contributed by atoms with Crippen LogP contribution in [0.15, 0.2) is 18.2 Å². The summed E-state index contributed by atoms with van der Waals surface area (Å²) in [5.74, 6) is -0.0473. The number of imide groups is 1. The molecule has 3 aliphatic heterocycles. The van der Waals surface area contributed by atoms with E-state index in [0.29, 0.717) is 42.6 Å². The molecule has 0 saturated carbocycles. The van der Waals surface area contributed by atoms with E-state index in [1.165, 1.54) is 18.4 Å². The molecule has 1 aromatic rings. The van der Waals surface area contributed by atoms with E-state index in [-0.39, 0.29) is 24.1 Å². The Labute approximate surface area is 190 Å². The van der Waals surface area contributed by atoms with Gasteiger partial charge in [-0.1, -0.05) is 26.0 Å². The maximum atomic E-state index is 13.0. The summed E-state index contributed by atoms with van der Waals surface area (Å²) in [6.45, 7) is 11.4.